The molecule has 1 unspecified atom stereocenters. The SMILES string of the molecule is CCCCCCCC(CCCC)NCC1(O)CCC1. The van der Waals surface area contributed by atoms with Crippen molar-refractivity contribution in [3.8, 4) is 0 Å². The minimum atomic E-state index is -0.368. The van der Waals surface area contributed by atoms with E-state index in [0.717, 1.165) is 19.4 Å². The topological polar surface area (TPSA) is 32.3 Å². The molecule has 1 saturated carbocycles. The molecule has 1 aliphatic carbocycles. The van der Waals surface area contributed by atoms with Crippen LogP contribution < -0.4 is 5.32 Å². The highest BCUT2D eigenvalue weighted by Crippen LogP contribution is 2.31. The molecule has 2 heteroatoms. The van der Waals surface area contributed by atoms with Crippen LogP contribution in [0.1, 0.15) is 90.9 Å². The zero-order valence-corrected chi connectivity index (χ0v) is 13.2. The van der Waals surface area contributed by atoms with Crippen molar-refractivity contribution in [1.82, 2.24) is 5.32 Å². The number of unbranched alkanes of at least 4 members (excludes halogenated alkanes) is 5. The van der Waals surface area contributed by atoms with Gasteiger partial charge in [-0.15, -0.1) is 0 Å². The van der Waals surface area contributed by atoms with Crippen LogP contribution in [0, 0.1) is 0 Å². The zero-order chi connectivity index (χ0) is 14.0. The van der Waals surface area contributed by atoms with Crippen molar-refractivity contribution >= 4 is 0 Å². The van der Waals surface area contributed by atoms with Crippen LogP contribution in [-0.2, 0) is 0 Å². The Morgan fingerprint density at radius 2 is 1.58 bits per heavy atom. The highest BCUT2D eigenvalue weighted by molar-refractivity contribution is 4.90. The second-order valence-electron chi connectivity index (χ2n) is 6.50. The first-order valence-corrected chi connectivity index (χ1v) is 8.66. The van der Waals surface area contributed by atoms with Gasteiger partial charge in [0.2, 0.25) is 0 Å². The Balaban J connectivity index is 2.14. The van der Waals surface area contributed by atoms with Gasteiger partial charge in [0, 0.05) is 12.6 Å². The normalized spacial score (nSPS) is 19.1. The van der Waals surface area contributed by atoms with Crippen molar-refractivity contribution in [2.75, 3.05) is 6.54 Å². The van der Waals surface area contributed by atoms with E-state index < -0.39 is 0 Å². The first-order valence-electron chi connectivity index (χ1n) is 8.66. The molecule has 0 heterocycles. The van der Waals surface area contributed by atoms with E-state index in [9.17, 15) is 5.11 Å². The predicted molar refractivity (Wildman–Crippen MR) is 83.5 cm³/mol. The molecule has 114 valence electrons. The van der Waals surface area contributed by atoms with Crippen LogP contribution >= 0.6 is 0 Å². The molecule has 2 N–H and O–H groups in total. The van der Waals surface area contributed by atoms with E-state index in [0.29, 0.717) is 6.04 Å². The molecule has 0 bridgehead atoms. The van der Waals surface area contributed by atoms with Gasteiger partial charge in [-0.25, -0.2) is 0 Å². The Morgan fingerprint density at radius 3 is 2.16 bits per heavy atom. The molecule has 0 aromatic carbocycles. The molecule has 1 fully saturated rings. The van der Waals surface area contributed by atoms with Gasteiger partial charge >= 0.3 is 0 Å². The average molecular weight is 269 g/mol. The summed E-state index contributed by atoms with van der Waals surface area (Å²) >= 11 is 0. The largest absolute Gasteiger partial charge is 0.389 e. The fourth-order valence-electron chi connectivity index (χ4n) is 2.89. The second kappa shape index (κ2) is 9.77. The number of hydrogen-bond acceptors (Lipinski definition) is 2. The quantitative estimate of drug-likeness (QED) is 0.514. The molecule has 2 nitrogen and oxygen atoms in total. The summed E-state index contributed by atoms with van der Waals surface area (Å²) in [4.78, 5) is 0. The van der Waals surface area contributed by atoms with Gasteiger partial charge in [0.15, 0.2) is 0 Å². The molecule has 0 radical (unpaired) electrons. The van der Waals surface area contributed by atoms with Gasteiger partial charge in [-0.05, 0) is 32.1 Å². The van der Waals surface area contributed by atoms with Gasteiger partial charge in [-0.3, -0.25) is 0 Å². The van der Waals surface area contributed by atoms with Crippen LogP contribution in [0.25, 0.3) is 0 Å². The monoisotopic (exact) mass is 269 g/mol. The highest BCUT2D eigenvalue weighted by Gasteiger charge is 2.34. The van der Waals surface area contributed by atoms with E-state index in [1.807, 2.05) is 0 Å². The Bertz CT molecular complexity index is 213. The predicted octanol–water partition coefficient (Wildman–Crippen LogP) is 4.41. The van der Waals surface area contributed by atoms with E-state index in [1.165, 1.54) is 64.2 Å². The molecule has 1 rings (SSSR count). The zero-order valence-electron chi connectivity index (χ0n) is 13.2. The Morgan fingerprint density at radius 1 is 0.947 bits per heavy atom. The summed E-state index contributed by atoms with van der Waals surface area (Å²) in [6.07, 6.45) is 15.2. The Labute approximate surface area is 120 Å². The Kier molecular flexibility index (Phi) is 8.72. The lowest BCUT2D eigenvalue weighted by molar-refractivity contribution is -0.0336. The maximum Gasteiger partial charge on any atom is 0.0771 e. The van der Waals surface area contributed by atoms with Gasteiger partial charge in [0.05, 0.1) is 5.60 Å². The van der Waals surface area contributed by atoms with Crippen LogP contribution in [0.2, 0.25) is 0 Å². The molecule has 0 amide bonds. The Hall–Kier alpha value is -0.0800. The standard InChI is InChI=1S/C17H35NO/c1-3-5-7-8-9-12-16(11-6-4-2)18-15-17(19)13-10-14-17/h16,18-19H,3-15H2,1-2H3. The molecule has 1 atom stereocenters. The summed E-state index contributed by atoms with van der Waals surface area (Å²) in [5.74, 6) is 0. The molecule has 0 spiro atoms. The van der Waals surface area contributed by atoms with E-state index in [1.54, 1.807) is 0 Å². The van der Waals surface area contributed by atoms with Crippen molar-refractivity contribution in [3.05, 3.63) is 0 Å². The number of nitrogens with one attached hydrogen (secondary N) is 1. The molecule has 1 aliphatic rings. The summed E-state index contributed by atoms with van der Waals surface area (Å²) in [7, 11) is 0. The minimum Gasteiger partial charge on any atom is -0.389 e. The summed E-state index contributed by atoms with van der Waals surface area (Å²) in [5, 5.41) is 13.8. The lowest BCUT2D eigenvalue weighted by Crippen LogP contribution is -2.48. The summed E-state index contributed by atoms with van der Waals surface area (Å²) < 4.78 is 0. The number of hydrogen-bond donors (Lipinski definition) is 2. The van der Waals surface area contributed by atoms with Gasteiger partial charge in [-0.2, -0.15) is 0 Å². The van der Waals surface area contributed by atoms with Crippen LogP contribution in [0.15, 0.2) is 0 Å². The molecule has 19 heavy (non-hydrogen) atoms. The van der Waals surface area contributed by atoms with Crippen LogP contribution in [0.3, 0.4) is 0 Å². The maximum atomic E-state index is 10.2. The smallest absolute Gasteiger partial charge is 0.0771 e. The van der Waals surface area contributed by atoms with Crippen LogP contribution in [0.4, 0.5) is 0 Å². The van der Waals surface area contributed by atoms with Crippen molar-refractivity contribution in [1.29, 1.82) is 0 Å². The number of aliphatic hydroxyl groups is 1. The van der Waals surface area contributed by atoms with Crippen LogP contribution in [0.5, 0.6) is 0 Å². The van der Waals surface area contributed by atoms with Crippen molar-refractivity contribution < 1.29 is 5.11 Å². The van der Waals surface area contributed by atoms with Crippen molar-refractivity contribution in [3.63, 3.8) is 0 Å². The maximum absolute atomic E-state index is 10.2. The molecule has 0 aromatic heterocycles. The van der Waals surface area contributed by atoms with Crippen molar-refractivity contribution in [2.45, 2.75) is 103 Å². The fourth-order valence-corrected chi connectivity index (χ4v) is 2.89. The first-order chi connectivity index (χ1) is 9.20. The summed E-state index contributed by atoms with van der Waals surface area (Å²) in [5.41, 5.74) is -0.368. The molecule has 0 saturated heterocycles. The van der Waals surface area contributed by atoms with E-state index in [4.69, 9.17) is 0 Å². The van der Waals surface area contributed by atoms with Gasteiger partial charge < -0.3 is 10.4 Å². The first kappa shape index (κ1) is 17.0. The molecule has 0 aromatic rings. The van der Waals surface area contributed by atoms with Gasteiger partial charge in [-0.1, -0.05) is 58.8 Å². The summed E-state index contributed by atoms with van der Waals surface area (Å²) in [6, 6.07) is 0.631. The molecular weight excluding hydrogens is 234 g/mol. The van der Waals surface area contributed by atoms with E-state index >= 15 is 0 Å². The fraction of sp³-hybridized carbons (Fsp3) is 1.00. The molecule has 0 aliphatic heterocycles. The third-order valence-corrected chi connectivity index (χ3v) is 4.57. The molecular formula is C17H35NO. The minimum absolute atomic E-state index is 0.368. The summed E-state index contributed by atoms with van der Waals surface area (Å²) in [6.45, 7) is 5.35. The third-order valence-electron chi connectivity index (χ3n) is 4.57. The highest BCUT2D eigenvalue weighted by atomic mass is 16.3. The van der Waals surface area contributed by atoms with Crippen molar-refractivity contribution in [2.24, 2.45) is 0 Å². The van der Waals surface area contributed by atoms with E-state index in [2.05, 4.69) is 19.2 Å². The van der Waals surface area contributed by atoms with Gasteiger partial charge in [0.1, 0.15) is 0 Å². The lowest BCUT2D eigenvalue weighted by atomic mass is 9.80. The number of rotatable bonds is 12. The van der Waals surface area contributed by atoms with Gasteiger partial charge in [0.25, 0.3) is 0 Å². The average Bonchev–Trinajstić information content (AvgIpc) is 2.38. The lowest BCUT2D eigenvalue weighted by Gasteiger charge is -2.38. The van der Waals surface area contributed by atoms with Crippen LogP contribution in [-0.4, -0.2) is 23.3 Å². The third kappa shape index (κ3) is 7.31. The second-order valence-corrected chi connectivity index (χ2v) is 6.50. The van der Waals surface area contributed by atoms with E-state index in [-0.39, 0.29) is 5.60 Å².